The molecule has 0 amide bonds. The third-order valence-corrected chi connectivity index (χ3v) is 3.21. The van der Waals surface area contributed by atoms with E-state index in [0.717, 1.165) is 4.68 Å². The lowest BCUT2D eigenvalue weighted by molar-refractivity contribution is -0.136. The van der Waals surface area contributed by atoms with Gasteiger partial charge in [0.05, 0.1) is 19.7 Å². The highest BCUT2D eigenvalue weighted by atomic mass is 32.1. The van der Waals surface area contributed by atoms with Crippen LogP contribution in [0.1, 0.15) is 17.7 Å². The summed E-state index contributed by atoms with van der Waals surface area (Å²) in [7, 11) is 1.53. The molecule has 9 heteroatoms. The lowest BCUT2D eigenvalue weighted by atomic mass is 10.2. The van der Waals surface area contributed by atoms with Crippen LogP contribution < -0.4 is 10.3 Å². The van der Waals surface area contributed by atoms with Gasteiger partial charge >= 0.3 is 5.97 Å². The summed E-state index contributed by atoms with van der Waals surface area (Å²) in [6, 6.07) is 7.14. The Morgan fingerprint density at radius 3 is 2.96 bits per heavy atom. The first-order chi connectivity index (χ1) is 11.0. The number of ether oxygens (including phenoxy) is 1. The van der Waals surface area contributed by atoms with Crippen molar-refractivity contribution in [3.63, 3.8) is 0 Å². The number of carboxylic acid groups (broad SMARTS) is 1. The third-order valence-electron chi connectivity index (χ3n) is 2.94. The molecular formula is C14H14N4O4S. The molecule has 0 aliphatic heterocycles. The zero-order chi connectivity index (χ0) is 16.8. The summed E-state index contributed by atoms with van der Waals surface area (Å²) in [6.07, 6.45) is 1.22. The first-order valence-corrected chi connectivity index (χ1v) is 7.03. The Morgan fingerprint density at radius 2 is 2.26 bits per heavy atom. The summed E-state index contributed by atoms with van der Waals surface area (Å²) in [6.45, 7) is 0. The predicted molar refractivity (Wildman–Crippen MR) is 85.6 cm³/mol. The smallest absolute Gasteiger partial charge is 0.303 e. The Bertz CT molecular complexity index is 856. The summed E-state index contributed by atoms with van der Waals surface area (Å²) in [4.78, 5) is 22.9. The Hall–Kier alpha value is -2.81. The van der Waals surface area contributed by atoms with Crippen molar-refractivity contribution < 1.29 is 14.6 Å². The minimum atomic E-state index is -1.02. The minimum absolute atomic E-state index is 0.00947. The summed E-state index contributed by atoms with van der Waals surface area (Å²) in [5.41, 5.74) is 0.166. The van der Waals surface area contributed by atoms with Gasteiger partial charge in [0.25, 0.3) is 5.56 Å². The van der Waals surface area contributed by atoms with Crippen LogP contribution in [0.2, 0.25) is 0 Å². The van der Waals surface area contributed by atoms with Crippen molar-refractivity contribution in [2.45, 2.75) is 12.8 Å². The van der Waals surface area contributed by atoms with E-state index in [4.69, 9.17) is 22.1 Å². The molecule has 0 atom stereocenters. The molecule has 1 heterocycles. The molecule has 1 aromatic heterocycles. The SMILES string of the molecule is COc1ccccc1/C=N\n1c(=S)[nH]nc(CCC(=O)O)c1=O. The zero-order valence-corrected chi connectivity index (χ0v) is 13.0. The number of para-hydroxylation sites is 1. The summed E-state index contributed by atoms with van der Waals surface area (Å²) < 4.78 is 6.17. The van der Waals surface area contributed by atoms with Crippen molar-refractivity contribution in [1.82, 2.24) is 14.9 Å². The molecule has 23 heavy (non-hydrogen) atoms. The van der Waals surface area contributed by atoms with E-state index in [1.807, 2.05) is 6.07 Å². The molecule has 0 fully saturated rings. The minimum Gasteiger partial charge on any atom is -0.496 e. The lowest BCUT2D eigenvalue weighted by Crippen LogP contribution is -2.25. The van der Waals surface area contributed by atoms with Crippen molar-refractivity contribution in [3.8, 4) is 5.75 Å². The van der Waals surface area contributed by atoms with Crippen LogP contribution in [0.4, 0.5) is 0 Å². The number of carboxylic acids is 1. The van der Waals surface area contributed by atoms with E-state index in [2.05, 4.69) is 15.3 Å². The van der Waals surface area contributed by atoms with Crippen LogP contribution in [0, 0.1) is 4.77 Å². The van der Waals surface area contributed by atoms with Crippen LogP contribution in [0.25, 0.3) is 0 Å². The molecule has 0 unspecified atom stereocenters. The monoisotopic (exact) mass is 334 g/mol. The Balaban J connectivity index is 2.37. The lowest BCUT2D eigenvalue weighted by Gasteiger charge is -2.04. The number of carbonyl (C=O) groups is 1. The standard InChI is InChI=1S/C14H14N4O4S/c1-22-11-5-3-2-4-9(11)8-15-18-13(21)10(6-7-12(19)20)16-17-14(18)23/h2-5,8H,6-7H2,1H3,(H,17,23)(H,19,20)/b15-8-. The van der Waals surface area contributed by atoms with Gasteiger partial charge in [-0.2, -0.15) is 14.9 Å². The topological polar surface area (TPSA) is 110 Å². The third kappa shape index (κ3) is 4.10. The zero-order valence-electron chi connectivity index (χ0n) is 12.2. The predicted octanol–water partition coefficient (Wildman–Crippen LogP) is 1.21. The van der Waals surface area contributed by atoms with Crippen LogP contribution in [-0.2, 0) is 11.2 Å². The molecule has 2 rings (SSSR count). The largest absolute Gasteiger partial charge is 0.496 e. The van der Waals surface area contributed by atoms with E-state index in [0.29, 0.717) is 11.3 Å². The number of hydrogen-bond acceptors (Lipinski definition) is 6. The quantitative estimate of drug-likeness (QED) is 0.607. The number of aromatic nitrogens is 3. The van der Waals surface area contributed by atoms with Crippen LogP contribution in [-0.4, -0.2) is 39.3 Å². The Labute approximate surface area is 136 Å². The average Bonchev–Trinajstić information content (AvgIpc) is 2.54. The van der Waals surface area contributed by atoms with Gasteiger partial charge in [0.15, 0.2) is 0 Å². The fourth-order valence-corrected chi connectivity index (χ4v) is 1.99. The van der Waals surface area contributed by atoms with E-state index < -0.39 is 11.5 Å². The van der Waals surface area contributed by atoms with E-state index in [1.165, 1.54) is 13.3 Å². The molecule has 0 bridgehead atoms. The van der Waals surface area contributed by atoms with Crippen molar-refractivity contribution in [3.05, 3.63) is 50.6 Å². The molecule has 8 nitrogen and oxygen atoms in total. The van der Waals surface area contributed by atoms with Gasteiger partial charge in [-0.1, -0.05) is 12.1 Å². The van der Waals surface area contributed by atoms with Crippen LogP contribution >= 0.6 is 12.2 Å². The van der Waals surface area contributed by atoms with Crippen molar-refractivity contribution in [2.24, 2.45) is 5.10 Å². The van der Waals surface area contributed by atoms with E-state index in [-0.39, 0.29) is 23.3 Å². The van der Waals surface area contributed by atoms with Gasteiger partial charge in [0, 0.05) is 12.0 Å². The fourth-order valence-electron chi connectivity index (χ4n) is 1.81. The molecule has 1 aromatic carbocycles. The maximum Gasteiger partial charge on any atom is 0.303 e. The second-order valence-electron chi connectivity index (χ2n) is 4.47. The van der Waals surface area contributed by atoms with Crippen molar-refractivity contribution in [2.75, 3.05) is 7.11 Å². The molecule has 0 radical (unpaired) electrons. The highest BCUT2D eigenvalue weighted by molar-refractivity contribution is 7.71. The van der Waals surface area contributed by atoms with Crippen LogP contribution in [0.15, 0.2) is 34.2 Å². The number of aliphatic carboxylic acids is 1. The highest BCUT2D eigenvalue weighted by Crippen LogP contribution is 2.14. The van der Waals surface area contributed by atoms with E-state index in [1.54, 1.807) is 18.2 Å². The second-order valence-corrected chi connectivity index (χ2v) is 4.86. The maximum absolute atomic E-state index is 12.3. The Morgan fingerprint density at radius 1 is 1.52 bits per heavy atom. The van der Waals surface area contributed by atoms with Gasteiger partial charge in [-0.25, -0.2) is 0 Å². The average molecular weight is 334 g/mol. The maximum atomic E-state index is 12.3. The molecule has 0 aliphatic carbocycles. The number of nitrogens with one attached hydrogen (secondary N) is 1. The molecule has 0 spiro atoms. The molecular weight excluding hydrogens is 320 g/mol. The number of methoxy groups -OCH3 is 1. The van der Waals surface area contributed by atoms with Crippen LogP contribution in [0.5, 0.6) is 5.75 Å². The summed E-state index contributed by atoms with van der Waals surface area (Å²) in [5, 5.41) is 19.0. The van der Waals surface area contributed by atoms with E-state index >= 15 is 0 Å². The van der Waals surface area contributed by atoms with E-state index in [9.17, 15) is 9.59 Å². The molecule has 2 aromatic rings. The first kappa shape index (κ1) is 16.6. The van der Waals surface area contributed by atoms with Crippen LogP contribution in [0.3, 0.4) is 0 Å². The fraction of sp³-hybridized carbons (Fsp3) is 0.214. The normalized spacial score (nSPS) is 10.8. The number of aryl methyl sites for hydroxylation is 1. The van der Waals surface area contributed by atoms with Gasteiger partial charge in [-0.3, -0.25) is 14.7 Å². The molecule has 2 N–H and O–H groups in total. The van der Waals surface area contributed by atoms with Gasteiger partial charge in [0.2, 0.25) is 4.77 Å². The van der Waals surface area contributed by atoms with Gasteiger partial charge < -0.3 is 9.84 Å². The number of hydrogen-bond donors (Lipinski definition) is 2. The number of aromatic amines is 1. The number of benzene rings is 1. The molecule has 0 aliphatic rings. The number of nitrogens with zero attached hydrogens (tertiary/aromatic N) is 3. The Kier molecular flexibility index (Phi) is 5.36. The molecule has 0 saturated heterocycles. The van der Waals surface area contributed by atoms with Crippen molar-refractivity contribution in [1.29, 1.82) is 0 Å². The highest BCUT2D eigenvalue weighted by Gasteiger charge is 2.09. The van der Waals surface area contributed by atoms with Crippen molar-refractivity contribution >= 4 is 24.4 Å². The number of rotatable bonds is 6. The van der Waals surface area contributed by atoms with Gasteiger partial charge in [-0.05, 0) is 24.4 Å². The summed E-state index contributed by atoms with van der Waals surface area (Å²) in [5.74, 6) is -0.419. The number of H-pyrrole nitrogens is 1. The van der Waals surface area contributed by atoms with Gasteiger partial charge in [-0.15, -0.1) is 0 Å². The second kappa shape index (κ2) is 7.45. The summed E-state index contributed by atoms with van der Waals surface area (Å²) >= 11 is 5.00. The van der Waals surface area contributed by atoms with Gasteiger partial charge in [0.1, 0.15) is 11.4 Å². The molecule has 0 saturated carbocycles. The first-order valence-electron chi connectivity index (χ1n) is 6.62. The molecule has 120 valence electrons.